The first-order valence-corrected chi connectivity index (χ1v) is 10.5. The van der Waals surface area contributed by atoms with Gasteiger partial charge in [0.2, 0.25) is 5.91 Å². The zero-order chi connectivity index (χ0) is 20.6. The molecule has 1 aromatic carbocycles. The van der Waals surface area contributed by atoms with Gasteiger partial charge in [-0.05, 0) is 43.9 Å². The number of carbonyl (C=O) groups excluding carboxylic acids is 1. The van der Waals surface area contributed by atoms with E-state index in [1.807, 2.05) is 35.2 Å². The molecule has 154 valence electrons. The quantitative estimate of drug-likeness (QED) is 0.652. The van der Waals surface area contributed by atoms with Gasteiger partial charge >= 0.3 is 0 Å². The van der Waals surface area contributed by atoms with Crippen LogP contribution in [-0.2, 0) is 11.2 Å². The Kier molecular flexibility index (Phi) is 4.73. The van der Waals surface area contributed by atoms with Gasteiger partial charge in [-0.25, -0.2) is 4.98 Å². The van der Waals surface area contributed by atoms with Gasteiger partial charge in [-0.3, -0.25) is 4.79 Å². The van der Waals surface area contributed by atoms with Crippen LogP contribution in [-0.4, -0.2) is 52.1 Å². The molecule has 7 nitrogen and oxygen atoms in total. The summed E-state index contributed by atoms with van der Waals surface area (Å²) >= 11 is 0. The lowest BCUT2D eigenvalue weighted by Crippen LogP contribution is -2.37. The third kappa shape index (κ3) is 3.44. The molecule has 2 fully saturated rings. The molecule has 0 aliphatic carbocycles. The standard InChI is InChI=1S/C23H25N5O2/c1-17-25-21(30-26-17)19-7-11-24-20(15-19)28-14-10-23(16-28)9-13-27(22(23)29)12-8-18-5-3-2-4-6-18/h2-7,11,15H,8-10,12-14,16H2,1H3. The molecule has 2 aliphatic heterocycles. The van der Waals surface area contributed by atoms with Gasteiger partial charge in [0.05, 0.1) is 5.41 Å². The zero-order valence-electron chi connectivity index (χ0n) is 17.1. The van der Waals surface area contributed by atoms with Crippen LogP contribution < -0.4 is 4.90 Å². The number of pyridine rings is 1. The van der Waals surface area contributed by atoms with Gasteiger partial charge in [0.1, 0.15) is 5.82 Å². The minimum absolute atomic E-state index is 0.282. The molecular formula is C23H25N5O2. The van der Waals surface area contributed by atoms with Gasteiger partial charge in [-0.15, -0.1) is 0 Å². The maximum atomic E-state index is 13.3. The number of hydrogen-bond acceptors (Lipinski definition) is 6. The van der Waals surface area contributed by atoms with Crippen molar-refractivity contribution in [2.24, 2.45) is 5.41 Å². The second kappa shape index (κ2) is 7.55. The van der Waals surface area contributed by atoms with Crippen LogP contribution >= 0.6 is 0 Å². The number of rotatable bonds is 5. The molecule has 2 aromatic heterocycles. The van der Waals surface area contributed by atoms with E-state index in [4.69, 9.17) is 4.52 Å². The van der Waals surface area contributed by atoms with Crippen LogP contribution in [0.25, 0.3) is 11.5 Å². The molecule has 1 amide bonds. The number of benzene rings is 1. The molecule has 3 aromatic rings. The van der Waals surface area contributed by atoms with Crippen molar-refractivity contribution >= 4 is 11.7 Å². The number of carbonyl (C=O) groups is 1. The molecular weight excluding hydrogens is 378 g/mol. The number of likely N-dealkylation sites (tertiary alicyclic amines) is 1. The fourth-order valence-corrected chi connectivity index (χ4v) is 4.60. The van der Waals surface area contributed by atoms with Crippen molar-refractivity contribution in [2.75, 3.05) is 31.1 Å². The van der Waals surface area contributed by atoms with Crippen molar-refractivity contribution in [2.45, 2.75) is 26.2 Å². The van der Waals surface area contributed by atoms with Crippen LogP contribution in [0.4, 0.5) is 5.82 Å². The second-order valence-corrected chi connectivity index (χ2v) is 8.28. The molecule has 4 heterocycles. The molecule has 1 unspecified atom stereocenters. The third-order valence-corrected chi connectivity index (χ3v) is 6.31. The predicted molar refractivity (Wildman–Crippen MR) is 113 cm³/mol. The zero-order valence-corrected chi connectivity index (χ0v) is 17.1. The van der Waals surface area contributed by atoms with Crippen LogP contribution in [0.15, 0.2) is 53.2 Å². The van der Waals surface area contributed by atoms with Crippen molar-refractivity contribution in [3.63, 3.8) is 0 Å². The summed E-state index contributed by atoms with van der Waals surface area (Å²) in [5, 5.41) is 3.87. The Labute approximate surface area is 175 Å². The second-order valence-electron chi connectivity index (χ2n) is 8.28. The average molecular weight is 403 g/mol. The average Bonchev–Trinajstić information content (AvgIpc) is 3.49. The Hall–Kier alpha value is -3.22. The van der Waals surface area contributed by atoms with Crippen LogP contribution in [0.5, 0.6) is 0 Å². The lowest BCUT2D eigenvalue weighted by Gasteiger charge is -2.24. The first-order chi connectivity index (χ1) is 14.6. The van der Waals surface area contributed by atoms with E-state index < -0.39 is 0 Å². The fourth-order valence-electron chi connectivity index (χ4n) is 4.60. The van der Waals surface area contributed by atoms with E-state index in [1.165, 1.54) is 5.56 Å². The maximum Gasteiger partial charge on any atom is 0.258 e. The Balaban J connectivity index is 1.27. The highest BCUT2D eigenvalue weighted by Gasteiger charge is 2.50. The molecule has 30 heavy (non-hydrogen) atoms. The SMILES string of the molecule is Cc1noc(-c2ccnc(N3CCC4(CCN(CCc5ccccc5)C4=O)C3)c2)n1. The normalized spacial score (nSPS) is 21.2. The summed E-state index contributed by atoms with van der Waals surface area (Å²) in [6.07, 6.45) is 4.45. The van der Waals surface area contributed by atoms with Gasteiger partial charge < -0.3 is 14.3 Å². The van der Waals surface area contributed by atoms with E-state index in [0.717, 1.165) is 50.3 Å². The molecule has 1 spiro atoms. The Bertz CT molecular complexity index is 1050. The summed E-state index contributed by atoms with van der Waals surface area (Å²) in [5.41, 5.74) is 1.84. The smallest absolute Gasteiger partial charge is 0.258 e. The fraction of sp³-hybridized carbons (Fsp3) is 0.391. The summed E-state index contributed by atoms with van der Waals surface area (Å²) in [4.78, 5) is 26.4. The highest BCUT2D eigenvalue weighted by atomic mass is 16.5. The lowest BCUT2D eigenvalue weighted by atomic mass is 9.85. The predicted octanol–water partition coefficient (Wildman–Crippen LogP) is 3.11. The number of aromatic nitrogens is 3. The van der Waals surface area contributed by atoms with Crippen molar-refractivity contribution in [3.05, 3.63) is 60.0 Å². The minimum atomic E-state index is -0.282. The van der Waals surface area contributed by atoms with Gasteiger partial charge in [-0.2, -0.15) is 4.98 Å². The number of hydrogen-bond donors (Lipinski definition) is 0. The van der Waals surface area contributed by atoms with Crippen molar-refractivity contribution in [3.8, 4) is 11.5 Å². The van der Waals surface area contributed by atoms with E-state index in [9.17, 15) is 4.79 Å². The van der Waals surface area contributed by atoms with E-state index in [-0.39, 0.29) is 5.41 Å². The largest absolute Gasteiger partial charge is 0.355 e. The van der Waals surface area contributed by atoms with Crippen LogP contribution in [0.1, 0.15) is 24.2 Å². The molecule has 0 N–H and O–H groups in total. The molecule has 2 aliphatic rings. The van der Waals surface area contributed by atoms with E-state index in [2.05, 4.69) is 32.2 Å². The Morgan fingerprint density at radius 3 is 2.77 bits per heavy atom. The highest BCUT2D eigenvalue weighted by molar-refractivity contribution is 5.86. The number of aryl methyl sites for hydroxylation is 1. The van der Waals surface area contributed by atoms with Crippen LogP contribution in [0.2, 0.25) is 0 Å². The van der Waals surface area contributed by atoms with Crippen molar-refractivity contribution < 1.29 is 9.32 Å². The molecule has 0 radical (unpaired) electrons. The minimum Gasteiger partial charge on any atom is -0.355 e. The molecule has 1 atom stereocenters. The van der Waals surface area contributed by atoms with Crippen molar-refractivity contribution in [1.82, 2.24) is 20.0 Å². The molecule has 0 bridgehead atoms. The summed E-state index contributed by atoms with van der Waals surface area (Å²) in [6, 6.07) is 14.2. The van der Waals surface area contributed by atoms with E-state index in [0.29, 0.717) is 24.2 Å². The number of amides is 1. The first-order valence-electron chi connectivity index (χ1n) is 10.5. The van der Waals surface area contributed by atoms with E-state index >= 15 is 0 Å². The number of anilines is 1. The van der Waals surface area contributed by atoms with E-state index in [1.54, 1.807) is 13.1 Å². The molecule has 5 rings (SSSR count). The number of nitrogens with zero attached hydrogens (tertiary/aromatic N) is 5. The molecule has 0 saturated carbocycles. The maximum absolute atomic E-state index is 13.3. The Morgan fingerprint density at radius 1 is 1.13 bits per heavy atom. The highest BCUT2D eigenvalue weighted by Crippen LogP contribution is 2.42. The summed E-state index contributed by atoms with van der Waals surface area (Å²) in [6.45, 7) is 4.97. The summed E-state index contributed by atoms with van der Waals surface area (Å²) in [7, 11) is 0. The van der Waals surface area contributed by atoms with Gasteiger partial charge in [0, 0.05) is 37.9 Å². The Morgan fingerprint density at radius 2 is 1.97 bits per heavy atom. The van der Waals surface area contributed by atoms with Crippen LogP contribution in [0.3, 0.4) is 0 Å². The topological polar surface area (TPSA) is 75.4 Å². The molecule has 2 saturated heterocycles. The van der Waals surface area contributed by atoms with Gasteiger partial charge in [0.15, 0.2) is 5.82 Å². The van der Waals surface area contributed by atoms with Crippen LogP contribution in [0, 0.1) is 12.3 Å². The lowest BCUT2D eigenvalue weighted by molar-refractivity contribution is -0.135. The first kappa shape index (κ1) is 18.8. The van der Waals surface area contributed by atoms with Gasteiger partial charge in [0.25, 0.3) is 5.89 Å². The third-order valence-electron chi connectivity index (χ3n) is 6.31. The summed E-state index contributed by atoms with van der Waals surface area (Å²) < 4.78 is 5.29. The van der Waals surface area contributed by atoms with Crippen molar-refractivity contribution in [1.29, 1.82) is 0 Å². The molecule has 7 heteroatoms. The monoisotopic (exact) mass is 403 g/mol. The van der Waals surface area contributed by atoms with Gasteiger partial charge in [-0.1, -0.05) is 35.5 Å². The summed E-state index contributed by atoms with van der Waals surface area (Å²) in [5.74, 6) is 2.25.